The minimum atomic E-state index is -0.126. The third-order valence-corrected chi connectivity index (χ3v) is 3.60. The summed E-state index contributed by atoms with van der Waals surface area (Å²) < 4.78 is 0.750. The Morgan fingerprint density at radius 1 is 1.26 bits per heavy atom. The lowest BCUT2D eigenvalue weighted by molar-refractivity contribution is -0.115. The molecule has 0 heterocycles. The van der Waals surface area contributed by atoms with Crippen molar-refractivity contribution in [1.29, 1.82) is 0 Å². The Hall–Kier alpha value is -1.52. The molecule has 3 nitrogen and oxygen atoms in total. The van der Waals surface area contributed by atoms with E-state index in [4.69, 9.17) is 17.3 Å². The fraction of sp³-hybridized carbons (Fsp3) is 0.0714. The number of hydrogen-bond acceptors (Lipinski definition) is 2. The van der Waals surface area contributed by atoms with Crippen LogP contribution in [0, 0.1) is 0 Å². The van der Waals surface area contributed by atoms with Gasteiger partial charge >= 0.3 is 0 Å². The van der Waals surface area contributed by atoms with Crippen molar-refractivity contribution in [2.75, 3.05) is 11.1 Å². The van der Waals surface area contributed by atoms with E-state index in [1.54, 1.807) is 24.3 Å². The molecule has 0 spiro atoms. The highest BCUT2D eigenvalue weighted by atomic mass is 79.9. The van der Waals surface area contributed by atoms with Crippen molar-refractivity contribution in [3.8, 4) is 0 Å². The second-order valence-corrected chi connectivity index (χ2v) is 5.32. The van der Waals surface area contributed by atoms with Crippen LogP contribution >= 0.6 is 27.5 Å². The number of amides is 1. The van der Waals surface area contributed by atoms with Gasteiger partial charge in [0.15, 0.2) is 0 Å². The summed E-state index contributed by atoms with van der Waals surface area (Å²) in [6.07, 6.45) is 0.233. The first kappa shape index (κ1) is 13.9. The molecule has 0 atom stereocenters. The predicted octanol–water partition coefficient (Wildman–Crippen LogP) is 3.87. The highest BCUT2D eigenvalue weighted by Crippen LogP contribution is 2.25. The molecular weight excluding hydrogens is 328 g/mol. The summed E-state index contributed by atoms with van der Waals surface area (Å²) in [5.74, 6) is -0.126. The smallest absolute Gasteiger partial charge is 0.228 e. The molecule has 0 aliphatic carbocycles. The summed E-state index contributed by atoms with van der Waals surface area (Å²) >= 11 is 9.37. The van der Waals surface area contributed by atoms with Gasteiger partial charge in [0.2, 0.25) is 5.91 Å². The summed E-state index contributed by atoms with van der Waals surface area (Å²) in [4.78, 5) is 11.9. The van der Waals surface area contributed by atoms with Crippen LogP contribution in [0.3, 0.4) is 0 Å². The molecule has 19 heavy (non-hydrogen) atoms. The zero-order chi connectivity index (χ0) is 13.8. The van der Waals surface area contributed by atoms with Crippen molar-refractivity contribution in [3.05, 3.63) is 57.5 Å². The van der Waals surface area contributed by atoms with E-state index in [1.165, 1.54) is 0 Å². The number of benzene rings is 2. The van der Waals surface area contributed by atoms with Crippen LogP contribution in [0.2, 0.25) is 5.02 Å². The van der Waals surface area contributed by atoms with Gasteiger partial charge in [0.25, 0.3) is 0 Å². The van der Waals surface area contributed by atoms with E-state index >= 15 is 0 Å². The summed E-state index contributed by atoms with van der Waals surface area (Å²) in [5, 5.41) is 3.40. The van der Waals surface area contributed by atoms with Crippen molar-refractivity contribution < 1.29 is 4.79 Å². The molecule has 2 aromatic rings. The first-order valence-electron chi connectivity index (χ1n) is 5.64. The average Bonchev–Trinajstić information content (AvgIpc) is 2.36. The minimum absolute atomic E-state index is 0.126. The summed E-state index contributed by atoms with van der Waals surface area (Å²) in [6.45, 7) is 0. The Balaban J connectivity index is 2.08. The van der Waals surface area contributed by atoms with E-state index in [-0.39, 0.29) is 12.3 Å². The third kappa shape index (κ3) is 3.72. The van der Waals surface area contributed by atoms with Gasteiger partial charge in [-0.25, -0.2) is 0 Å². The van der Waals surface area contributed by atoms with Gasteiger partial charge in [0, 0.05) is 15.2 Å². The minimum Gasteiger partial charge on any atom is -0.399 e. The molecule has 0 aliphatic rings. The number of anilines is 2. The summed E-state index contributed by atoms with van der Waals surface area (Å²) in [6, 6.07) is 12.5. The van der Waals surface area contributed by atoms with E-state index < -0.39 is 0 Å². The maximum Gasteiger partial charge on any atom is 0.228 e. The molecule has 0 saturated carbocycles. The normalized spacial score (nSPS) is 10.2. The Morgan fingerprint density at radius 2 is 2.00 bits per heavy atom. The van der Waals surface area contributed by atoms with Crippen molar-refractivity contribution in [2.24, 2.45) is 0 Å². The number of halogens is 2. The first-order valence-corrected chi connectivity index (χ1v) is 6.81. The molecule has 2 rings (SSSR count). The molecule has 5 heteroatoms. The van der Waals surface area contributed by atoms with Crippen molar-refractivity contribution >= 4 is 44.8 Å². The molecule has 0 unspecified atom stereocenters. The molecule has 0 saturated heterocycles. The second-order valence-electron chi connectivity index (χ2n) is 4.06. The molecule has 0 fully saturated rings. The van der Waals surface area contributed by atoms with Gasteiger partial charge in [0.05, 0.1) is 12.1 Å². The lowest BCUT2D eigenvalue weighted by Crippen LogP contribution is -2.15. The molecule has 98 valence electrons. The van der Waals surface area contributed by atoms with Gasteiger partial charge in [-0.1, -0.05) is 29.8 Å². The maximum absolute atomic E-state index is 11.9. The van der Waals surface area contributed by atoms with Gasteiger partial charge in [-0.2, -0.15) is 0 Å². The van der Waals surface area contributed by atoms with Crippen molar-refractivity contribution in [2.45, 2.75) is 6.42 Å². The Morgan fingerprint density at radius 3 is 2.68 bits per heavy atom. The van der Waals surface area contributed by atoms with Crippen LogP contribution in [0.15, 0.2) is 46.9 Å². The first-order chi connectivity index (χ1) is 9.06. The number of hydrogen-bond donors (Lipinski definition) is 2. The van der Waals surface area contributed by atoms with Gasteiger partial charge in [-0.05, 0) is 45.8 Å². The van der Waals surface area contributed by atoms with Crippen LogP contribution in [-0.2, 0) is 11.2 Å². The fourth-order valence-corrected chi connectivity index (χ4v) is 2.34. The van der Waals surface area contributed by atoms with E-state index in [1.807, 2.05) is 18.2 Å². The molecular formula is C14H12BrClN2O. The van der Waals surface area contributed by atoms with Crippen LogP contribution in [0.1, 0.15) is 5.56 Å². The van der Waals surface area contributed by atoms with Crippen LogP contribution in [0.5, 0.6) is 0 Å². The standard InChI is InChI=1S/C14H12BrClN2O/c15-11-8-10(17)5-6-13(11)18-14(19)7-9-3-1-2-4-12(9)16/h1-6,8H,7,17H2,(H,18,19). The zero-order valence-corrected chi connectivity index (χ0v) is 12.3. The molecule has 2 aromatic carbocycles. The molecule has 0 radical (unpaired) electrons. The Labute approximate surface area is 124 Å². The van der Waals surface area contributed by atoms with Gasteiger partial charge in [-0.15, -0.1) is 0 Å². The molecule has 0 aliphatic heterocycles. The van der Waals surface area contributed by atoms with Gasteiger partial charge < -0.3 is 11.1 Å². The van der Waals surface area contributed by atoms with E-state index in [2.05, 4.69) is 21.2 Å². The number of carbonyl (C=O) groups excluding carboxylic acids is 1. The zero-order valence-electron chi connectivity index (χ0n) is 9.99. The summed E-state index contributed by atoms with van der Waals surface area (Å²) in [5.41, 5.74) is 7.76. The monoisotopic (exact) mass is 338 g/mol. The number of nitrogens with one attached hydrogen (secondary N) is 1. The maximum atomic E-state index is 11.9. The summed E-state index contributed by atoms with van der Waals surface area (Å²) in [7, 11) is 0. The van der Waals surface area contributed by atoms with Crippen molar-refractivity contribution in [3.63, 3.8) is 0 Å². The lowest BCUT2D eigenvalue weighted by atomic mass is 10.1. The second kappa shape index (κ2) is 6.08. The highest BCUT2D eigenvalue weighted by Gasteiger charge is 2.08. The largest absolute Gasteiger partial charge is 0.399 e. The molecule has 1 amide bonds. The van der Waals surface area contributed by atoms with E-state index in [0.717, 1.165) is 10.0 Å². The molecule has 0 bridgehead atoms. The number of nitrogens with two attached hydrogens (primary N) is 1. The Bertz CT molecular complexity index is 616. The fourth-order valence-electron chi connectivity index (χ4n) is 1.64. The number of rotatable bonds is 3. The number of nitrogen functional groups attached to an aromatic ring is 1. The molecule has 3 N–H and O–H groups in total. The Kier molecular flexibility index (Phi) is 4.45. The number of carbonyl (C=O) groups is 1. The van der Waals surface area contributed by atoms with Crippen LogP contribution < -0.4 is 11.1 Å². The third-order valence-electron chi connectivity index (χ3n) is 2.58. The predicted molar refractivity (Wildman–Crippen MR) is 82.3 cm³/mol. The SMILES string of the molecule is Nc1ccc(NC(=O)Cc2ccccc2Cl)c(Br)c1. The highest BCUT2D eigenvalue weighted by molar-refractivity contribution is 9.10. The van der Waals surface area contributed by atoms with Gasteiger partial charge in [-0.3, -0.25) is 4.79 Å². The van der Waals surface area contributed by atoms with Crippen LogP contribution in [-0.4, -0.2) is 5.91 Å². The van der Waals surface area contributed by atoms with Gasteiger partial charge in [0.1, 0.15) is 0 Å². The van der Waals surface area contributed by atoms with Crippen LogP contribution in [0.25, 0.3) is 0 Å². The average molecular weight is 340 g/mol. The van der Waals surface area contributed by atoms with E-state index in [9.17, 15) is 4.79 Å². The van der Waals surface area contributed by atoms with Crippen LogP contribution in [0.4, 0.5) is 11.4 Å². The molecule has 0 aromatic heterocycles. The van der Waals surface area contributed by atoms with Crippen molar-refractivity contribution in [1.82, 2.24) is 0 Å². The lowest BCUT2D eigenvalue weighted by Gasteiger charge is -2.08. The quantitative estimate of drug-likeness (QED) is 0.834. The van der Waals surface area contributed by atoms with E-state index in [0.29, 0.717) is 16.4 Å². The topological polar surface area (TPSA) is 55.1 Å².